The Hall–Kier alpha value is -1.80. The van der Waals surface area contributed by atoms with Gasteiger partial charge in [-0.15, -0.1) is 24.4 Å². The van der Waals surface area contributed by atoms with Gasteiger partial charge in [-0.3, -0.25) is 0 Å². The molecule has 0 bridgehead atoms. The largest absolute Gasteiger partial charge is 0.444 e. The van der Waals surface area contributed by atoms with Crippen molar-refractivity contribution < 1.29 is 18.3 Å². The van der Waals surface area contributed by atoms with Crippen molar-refractivity contribution >= 4 is 17.7 Å². The Labute approximate surface area is 142 Å². The monoisotopic (exact) mass is 347 g/mol. The summed E-state index contributed by atoms with van der Waals surface area (Å²) in [5.74, 6) is -0.490. The molecule has 1 amide bonds. The third-order valence-corrected chi connectivity index (χ3v) is 2.25. The number of benzene rings is 1. The lowest BCUT2D eigenvalue weighted by Crippen LogP contribution is -2.33. The number of hydrogen-bond donors (Lipinski definition) is 1. The van der Waals surface area contributed by atoms with Crippen molar-refractivity contribution in [1.29, 1.82) is 0 Å². The summed E-state index contributed by atoms with van der Waals surface area (Å²) in [4.78, 5) is 11.0. The van der Waals surface area contributed by atoms with Crippen LogP contribution in [-0.4, -0.2) is 24.1 Å². The first-order chi connectivity index (χ1) is 10.6. The molecule has 23 heavy (non-hydrogen) atoms. The van der Waals surface area contributed by atoms with Crippen molar-refractivity contribution in [3.05, 3.63) is 35.4 Å². The fourth-order valence-corrected chi connectivity index (χ4v) is 1.40. The van der Waals surface area contributed by atoms with E-state index in [0.29, 0.717) is 18.0 Å². The molecule has 0 fully saturated rings. The number of alkyl halides is 1. The van der Waals surface area contributed by atoms with E-state index in [9.17, 15) is 13.6 Å². The third-order valence-electron chi connectivity index (χ3n) is 1.99. The summed E-state index contributed by atoms with van der Waals surface area (Å²) in [6.45, 7) is 7.70. The van der Waals surface area contributed by atoms with E-state index in [-0.39, 0.29) is 6.09 Å². The van der Waals surface area contributed by atoms with Gasteiger partial charge in [0.15, 0.2) is 0 Å². The second-order valence-electron chi connectivity index (χ2n) is 5.42. The molecule has 0 spiro atoms. The predicted molar refractivity (Wildman–Crippen MR) is 90.6 cm³/mol. The van der Waals surface area contributed by atoms with Gasteiger partial charge < -0.3 is 10.1 Å². The Morgan fingerprint density at radius 2 is 1.70 bits per heavy atom. The van der Waals surface area contributed by atoms with E-state index in [1.165, 1.54) is 12.1 Å². The van der Waals surface area contributed by atoms with Gasteiger partial charge in [0.05, 0.1) is 0 Å². The highest BCUT2D eigenvalue weighted by molar-refractivity contribution is 6.17. The summed E-state index contributed by atoms with van der Waals surface area (Å²) in [5.41, 5.74) is 0.179. The van der Waals surface area contributed by atoms with Gasteiger partial charge in [-0.05, 0) is 51.8 Å². The molecular formula is C17H24ClF2NO2. The lowest BCUT2D eigenvalue weighted by Gasteiger charge is -2.19. The predicted octanol–water partition coefficient (Wildman–Crippen LogP) is 4.66. The van der Waals surface area contributed by atoms with E-state index >= 15 is 0 Å². The van der Waals surface area contributed by atoms with Crippen molar-refractivity contribution in [2.75, 3.05) is 12.4 Å². The molecular weight excluding hydrogens is 324 g/mol. The quantitative estimate of drug-likeness (QED) is 0.490. The number of amides is 1. The Morgan fingerprint density at radius 1 is 1.22 bits per heavy atom. The molecule has 1 N–H and O–H groups in total. The van der Waals surface area contributed by atoms with Crippen LogP contribution in [0, 0.1) is 31.4 Å². The Morgan fingerprint density at radius 3 is 2.04 bits per heavy atom. The molecule has 0 saturated heterocycles. The Kier molecular flexibility index (Phi) is 13.0. The smallest absolute Gasteiger partial charge is 0.407 e. The summed E-state index contributed by atoms with van der Waals surface area (Å²) in [6, 6.07) is 3.42. The molecule has 0 heterocycles. The SMILES string of the molecule is C#C.CC(C)(C)OC(=O)NCCCCl.Cc1cc(F)cc(F)c1. The van der Waals surface area contributed by atoms with E-state index < -0.39 is 17.2 Å². The summed E-state index contributed by atoms with van der Waals surface area (Å²) in [7, 11) is 0. The average Bonchev–Trinajstić information content (AvgIpc) is 2.38. The Bertz CT molecular complexity index is 435. The highest BCUT2D eigenvalue weighted by atomic mass is 35.5. The minimum absolute atomic E-state index is 0.382. The van der Waals surface area contributed by atoms with Gasteiger partial charge in [0.25, 0.3) is 0 Å². The topological polar surface area (TPSA) is 38.3 Å². The zero-order valence-electron chi connectivity index (χ0n) is 14.0. The van der Waals surface area contributed by atoms with Crippen LogP contribution in [-0.2, 0) is 4.74 Å². The Balaban J connectivity index is 0. The van der Waals surface area contributed by atoms with Gasteiger partial charge in [0.1, 0.15) is 17.2 Å². The molecule has 3 nitrogen and oxygen atoms in total. The normalized spacial score (nSPS) is 9.61. The van der Waals surface area contributed by atoms with E-state index in [1.54, 1.807) is 6.92 Å². The minimum Gasteiger partial charge on any atom is -0.444 e. The molecule has 0 unspecified atom stereocenters. The van der Waals surface area contributed by atoms with Crippen LogP contribution in [0.25, 0.3) is 0 Å². The number of carbonyl (C=O) groups is 1. The van der Waals surface area contributed by atoms with Gasteiger partial charge in [0.2, 0.25) is 0 Å². The minimum atomic E-state index is -0.521. The summed E-state index contributed by atoms with van der Waals surface area (Å²) in [5, 5.41) is 2.59. The van der Waals surface area contributed by atoms with E-state index in [4.69, 9.17) is 16.3 Å². The number of alkyl carbamates (subject to hydrolysis) is 1. The maximum Gasteiger partial charge on any atom is 0.407 e. The first kappa shape index (κ1) is 23.5. The second kappa shape index (κ2) is 12.7. The van der Waals surface area contributed by atoms with Crippen LogP contribution in [0.5, 0.6) is 0 Å². The lowest BCUT2D eigenvalue weighted by molar-refractivity contribution is 0.0528. The zero-order chi connectivity index (χ0) is 18.5. The molecule has 1 rings (SSSR count). The number of terminal acetylenes is 1. The highest BCUT2D eigenvalue weighted by Gasteiger charge is 2.15. The average molecular weight is 348 g/mol. The van der Waals surface area contributed by atoms with Crippen LogP contribution in [0.4, 0.5) is 13.6 Å². The highest BCUT2D eigenvalue weighted by Crippen LogP contribution is 2.06. The molecule has 1 aromatic carbocycles. The molecule has 6 heteroatoms. The maximum absolute atomic E-state index is 12.2. The van der Waals surface area contributed by atoms with Crippen LogP contribution >= 0.6 is 11.6 Å². The van der Waals surface area contributed by atoms with Crippen molar-refractivity contribution in [3.63, 3.8) is 0 Å². The van der Waals surface area contributed by atoms with Gasteiger partial charge in [-0.1, -0.05) is 0 Å². The van der Waals surface area contributed by atoms with Gasteiger partial charge in [0, 0.05) is 18.5 Å². The van der Waals surface area contributed by atoms with E-state index in [1.807, 2.05) is 20.8 Å². The van der Waals surface area contributed by atoms with Crippen LogP contribution < -0.4 is 5.32 Å². The van der Waals surface area contributed by atoms with Crippen LogP contribution in [0.2, 0.25) is 0 Å². The molecule has 0 aliphatic carbocycles. The van der Waals surface area contributed by atoms with Crippen molar-refractivity contribution in [2.24, 2.45) is 0 Å². The standard InChI is InChI=1S/C8H16ClNO2.C7H6F2.C2H2/c1-8(2,3)12-7(11)10-6-4-5-9;1-5-2-6(8)4-7(9)3-5;1-2/h4-6H2,1-3H3,(H,10,11);2-4H,1H3;1-2H. The lowest BCUT2D eigenvalue weighted by atomic mass is 10.2. The fourth-order valence-electron chi connectivity index (χ4n) is 1.26. The van der Waals surface area contributed by atoms with Crippen LogP contribution in [0.1, 0.15) is 32.8 Å². The van der Waals surface area contributed by atoms with Crippen LogP contribution in [0.3, 0.4) is 0 Å². The van der Waals surface area contributed by atoms with Crippen molar-refractivity contribution in [3.8, 4) is 12.8 Å². The number of halogens is 3. The zero-order valence-corrected chi connectivity index (χ0v) is 14.7. The molecule has 0 atom stereocenters. The molecule has 0 aromatic heterocycles. The number of rotatable bonds is 3. The van der Waals surface area contributed by atoms with E-state index in [0.717, 1.165) is 12.5 Å². The first-order valence-corrected chi connectivity index (χ1v) is 7.46. The number of aryl methyl sites for hydroxylation is 1. The molecule has 1 aromatic rings. The number of nitrogens with one attached hydrogen (secondary N) is 1. The summed E-state index contributed by atoms with van der Waals surface area (Å²) < 4.78 is 29.4. The maximum atomic E-state index is 12.2. The van der Waals surface area contributed by atoms with Gasteiger partial charge in [-0.25, -0.2) is 13.6 Å². The fraction of sp³-hybridized carbons (Fsp3) is 0.471. The molecule has 0 aliphatic heterocycles. The van der Waals surface area contributed by atoms with Crippen LogP contribution in [0.15, 0.2) is 18.2 Å². The van der Waals surface area contributed by atoms with Crippen molar-refractivity contribution in [1.82, 2.24) is 5.32 Å². The third kappa shape index (κ3) is 16.4. The number of ether oxygens (including phenoxy) is 1. The number of carbonyl (C=O) groups excluding carboxylic acids is 1. The van der Waals surface area contributed by atoms with Gasteiger partial charge in [-0.2, -0.15) is 0 Å². The second-order valence-corrected chi connectivity index (χ2v) is 5.80. The molecule has 0 radical (unpaired) electrons. The molecule has 130 valence electrons. The van der Waals surface area contributed by atoms with Gasteiger partial charge >= 0.3 is 6.09 Å². The molecule has 0 aliphatic rings. The summed E-state index contributed by atoms with van der Waals surface area (Å²) >= 11 is 5.43. The first-order valence-electron chi connectivity index (χ1n) is 6.93. The summed E-state index contributed by atoms with van der Waals surface area (Å²) in [6.07, 6.45) is 8.38. The van der Waals surface area contributed by atoms with E-state index in [2.05, 4.69) is 18.2 Å². The number of hydrogen-bond acceptors (Lipinski definition) is 2. The van der Waals surface area contributed by atoms with Crippen molar-refractivity contribution in [2.45, 2.75) is 39.7 Å². The molecule has 0 saturated carbocycles.